The average molecular weight is 1380 g/mol. The van der Waals surface area contributed by atoms with Gasteiger partial charge in [-0.25, -0.2) is 22.3 Å². The number of ether oxygens (including phenoxy) is 4. The van der Waals surface area contributed by atoms with Gasteiger partial charge in [0, 0.05) is 109 Å². The monoisotopic (exact) mass is 1380 g/mol. The van der Waals surface area contributed by atoms with Gasteiger partial charge in [0.2, 0.25) is 5.91 Å². The van der Waals surface area contributed by atoms with Crippen molar-refractivity contribution in [3.05, 3.63) is 131 Å². The Kier molecular flexibility index (Phi) is 30.1. The Balaban J connectivity index is 0.000000438. The van der Waals surface area contributed by atoms with E-state index in [1.54, 1.807) is 41.3 Å². The first-order valence-electron chi connectivity index (χ1n) is 28.1. The molecule has 6 aromatic rings. The van der Waals surface area contributed by atoms with Crippen LogP contribution in [0, 0.1) is 24.7 Å². The van der Waals surface area contributed by atoms with Gasteiger partial charge in [-0.15, -0.1) is 73.6 Å². The van der Waals surface area contributed by atoms with Gasteiger partial charge < -0.3 is 24.3 Å². The first-order valence-corrected chi connectivity index (χ1v) is 31.1. The maximum Gasteiger partial charge on any atom is 0.573 e. The lowest BCUT2D eigenvalue weighted by Gasteiger charge is -2.42. The summed E-state index contributed by atoms with van der Waals surface area (Å²) in [5.41, 5.74) is 10.8. The molecule has 33 heteroatoms. The third kappa shape index (κ3) is 21.2. The summed E-state index contributed by atoms with van der Waals surface area (Å²) in [5.74, 6) is 3.61. The number of halogens is 7. The van der Waals surface area contributed by atoms with E-state index in [1.807, 2.05) is 4.90 Å². The zero-order chi connectivity index (χ0) is 66.6. The summed E-state index contributed by atoms with van der Waals surface area (Å²) in [6, 6.07) is 20.0. The first kappa shape index (κ1) is 79.6. The Morgan fingerprint density at radius 1 is 0.649 bits per heavy atom. The van der Waals surface area contributed by atoms with Crippen molar-refractivity contribution in [1.82, 2.24) is 50.6 Å². The summed E-state index contributed by atoms with van der Waals surface area (Å²) in [6.07, 6.45) is 8.72. The van der Waals surface area contributed by atoms with Crippen LogP contribution in [0.1, 0.15) is 84.5 Å². The zero-order valence-electron chi connectivity index (χ0n) is 50.2. The summed E-state index contributed by atoms with van der Waals surface area (Å²) in [7, 11) is -3.54. The molecule has 0 spiro atoms. The summed E-state index contributed by atoms with van der Waals surface area (Å²) in [4.78, 5) is 32.5. The Bertz CT molecular complexity index is 3680. The lowest BCUT2D eigenvalue weighted by atomic mass is 9.92. The highest BCUT2D eigenvalue weighted by molar-refractivity contribution is 7.94. The third-order valence-electron chi connectivity index (χ3n) is 14.9. The van der Waals surface area contributed by atoms with E-state index in [-0.39, 0.29) is 111 Å². The van der Waals surface area contributed by atoms with Crippen molar-refractivity contribution in [2.45, 2.75) is 130 Å². The van der Waals surface area contributed by atoms with Crippen LogP contribution in [0.3, 0.4) is 0 Å². The number of terminal acetylenes is 2. The molecule has 24 nitrogen and oxygen atoms in total. The number of alkyl halides is 6. The standard InChI is InChI=1S/C28H31F3N8O6S.C27H27F3N2O5S.C4H9N3.2CH4.ClH/c1-37-17-19(32-35-37)15-21(16-20-18-38(2)36-33-20)39-13-11-27(12-14-39,26(40)34-41)46(42,43)25-9-7-23(8-10-25)44-22-3-5-24(6-4-22)45-28(29,30)31;1-4-6-20(7-5-2)32-18-16-26(17-19-32,25(33)31-3)38(34,35)24-14-12-22(13-15-24)36-21-8-10-23(11-9-21)37-27(28,29)30;1-2-3-4-6-7-5;;;/h3-10,17-18,21,41H,11-16H2,1-2H3,(H,34,40);1-2,8-15,20H,6-7,16-19H2,3H3,(H,31,33);2-4H2,1H3;2*1H4;1H. The minimum atomic E-state index is -4.83. The number of likely N-dealkylation sites (tertiary alicyclic amines) is 2. The van der Waals surface area contributed by atoms with E-state index in [9.17, 15) is 58.0 Å². The number of carbonyl (C=O) groups is 2. The highest BCUT2D eigenvalue weighted by Gasteiger charge is 2.55. The molecule has 2 fully saturated rings. The number of nitrogens with one attached hydrogen (secondary N) is 2. The van der Waals surface area contributed by atoms with Crippen LogP contribution in [0.25, 0.3) is 10.4 Å². The van der Waals surface area contributed by atoms with E-state index in [0.717, 1.165) is 48.5 Å². The number of hydrogen-bond donors (Lipinski definition) is 3. The number of hydrogen-bond acceptors (Lipinski definition) is 18. The van der Waals surface area contributed by atoms with E-state index in [4.69, 9.17) is 27.9 Å². The summed E-state index contributed by atoms with van der Waals surface area (Å²) in [6.45, 7) is 3.80. The van der Waals surface area contributed by atoms with E-state index in [1.165, 1.54) is 79.8 Å². The van der Waals surface area contributed by atoms with Crippen LogP contribution in [0.5, 0.6) is 34.5 Å². The van der Waals surface area contributed by atoms with Crippen molar-refractivity contribution in [2.75, 3.05) is 39.8 Å². The average Bonchev–Trinajstić information content (AvgIpc) is 0.822. The molecule has 0 saturated carbocycles. The fraction of sp³-hybridized carbons (Fsp3) is 0.443. The van der Waals surface area contributed by atoms with Gasteiger partial charge in [-0.3, -0.25) is 34.0 Å². The Morgan fingerprint density at radius 3 is 1.29 bits per heavy atom. The Labute approximate surface area is 548 Å². The number of aromatic nitrogens is 6. The van der Waals surface area contributed by atoms with Gasteiger partial charge in [-0.2, -0.15) is 0 Å². The minimum Gasteiger partial charge on any atom is -0.457 e. The SMILES string of the molecule is C.C.C#CCC(CC#C)N1CCC(C(=O)NC)(S(=O)(=O)c2ccc(Oc3ccc(OC(F)(F)F)cc3)cc2)CC1.CCCCN=[N+]=[N-].Cl.Cn1cc(CC(Cc2cn(C)nn2)N2CCC(C(=O)NO)(S(=O)(=O)c3ccc(Oc4ccc(OC(F)(F)F)cc4)cc3)CC2)nn1. The minimum absolute atomic E-state index is 0. The van der Waals surface area contributed by atoms with E-state index < -0.39 is 65.2 Å². The fourth-order valence-corrected chi connectivity index (χ4v) is 14.2. The van der Waals surface area contributed by atoms with E-state index in [0.29, 0.717) is 45.3 Å². The number of amides is 2. The third-order valence-corrected chi connectivity index (χ3v) is 19.9. The molecule has 512 valence electrons. The van der Waals surface area contributed by atoms with Crippen molar-refractivity contribution in [2.24, 2.45) is 19.2 Å². The second-order valence-electron chi connectivity index (χ2n) is 20.9. The molecule has 3 N–H and O–H groups in total. The molecule has 8 rings (SSSR count). The van der Waals surface area contributed by atoms with Crippen molar-refractivity contribution < 1.29 is 76.9 Å². The normalized spacial score (nSPS) is 14.5. The lowest BCUT2D eigenvalue weighted by molar-refractivity contribution is -0.275. The number of sulfone groups is 2. The predicted molar refractivity (Wildman–Crippen MR) is 338 cm³/mol. The summed E-state index contributed by atoms with van der Waals surface area (Å²) < 4.78 is 148. The maximum atomic E-state index is 14.0. The van der Waals surface area contributed by atoms with Gasteiger partial charge in [0.15, 0.2) is 29.2 Å². The number of unbranched alkanes of at least 4 members (excludes halogenated alkanes) is 1. The number of azide groups is 1. The van der Waals surface area contributed by atoms with Crippen LogP contribution in [-0.4, -0.2) is 148 Å². The smallest absolute Gasteiger partial charge is 0.457 e. The molecule has 2 amide bonds. The molecule has 2 saturated heterocycles. The number of aryl methyl sites for hydroxylation is 2. The molecule has 0 bridgehead atoms. The van der Waals surface area contributed by atoms with Gasteiger partial charge in [-0.1, -0.05) is 43.7 Å². The van der Waals surface area contributed by atoms with E-state index >= 15 is 0 Å². The molecule has 4 heterocycles. The number of benzene rings is 4. The largest absolute Gasteiger partial charge is 0.573 e. The van der Waals surface area contributed by atoms with Crippen LogP contribution in [-0.2, 0) is 56.2 Å². The van der Waals surface area contributed by atoms with Crippen molar-refractivity contribution >= 4 is 43.9 Å². The molecule has 4 aromatic carbocycles. The summed E-state index contributed by atoms with van der Waals surface area (Å²) >= 11 is 0. The molecule has 2 aliphatic rings. The highest BCUT2D eigenvalue weighted by Crippen LogP contribution is 2.40. The maximum absolute atomic E-state index is 14.0. The topological polar surface area (TPSA) is 300 Å². The molecule has 0 unspecified atom stereocenters. The molecule has 0 atom stereocenters. The zero-order valence-corrected chi connectivity index (χ0v) is 52.7. The molecule has 94 heavy (non-hydrogen) atoms. The molecule has 2 aromatic heterocycles. The van der Waals surface area contributed by atoms with Crippen LogP contribution in [0.15, 0.2) is 124 Å². The van der Waals surface area contributed by atoms with Gasteiger partial charge in [0.1, 0.15) is 34.5 Å². The van der Waals surface area contributed by atoms with Gasteiger partial charge in [0.05, 0.1) is 21.2 Å². The molecule has 0 radical (unpaired) electrons. The number of carbonyl (C=O) groups excluding carboxylic acids is 2. The molecule has 0 aliphatic carbocycles. The second-order valence-corrected chi connectivity index (χ2v) is 25.4. The highest BCUT2D eigenvalue weighted by atomic mass is 35.5. The van der Waals surface area contributed by atoms with Crippen molar-refractivity contribution in [3.8, 4) is 59.2 Å². The molecular weight excluding hydrogens is 1300 g/mol. The number of nitrogens with zero attached hydrogens (tertiary/aromatic N) is 11. The van der Waals surface area contributed by atoms with Crippen LogP contribution in [0.4, 0.5) is 26.3 Å². The number of piperidine rings is 2. The van der Waals surface area contributed by atoms with Gasteiger partial charge in [0.25, 0.3) is 5.91 Å². The number of hydroxylamine groups is 1. The Morgan fingerprint density at radius 2 is 0.989 bits per heavy atom. The van der Waals surface area contributed by atoms with Crippen LogP contribution < -0.4 is 29.7 Å². The van der Waals surface area contributed by atoms with Crippen LogP contribution >= 0.6 is 12.4 Å². The fourth-order valence-electron chi connectivity index (χ4n) is 10.2. The first-order chi connectivity index (χ1) is 43.1. The Hall–Kier alpha value is -8.62. The lowest BCUT2D eigenvalue weighted by Crippen LogP contribution is -2.59. The molecular formula is C61H76ClF6N13O11S2. The second kappa shape index (κ2) is 35.6. The van der Waals surface area contributed by atoms with Crippen molar-refractivity contribution in [1.29, 1.82) is 0 Å². The summed E-state index contributed by atoms with van der Waals surface area (Å²) in [5, 5.41) is 31.8. The van der Waals surface area contributed by atoms with Gasteiger partial charge in [-0.05, 0) is 135 Å². The predicted octanol–water partition coefficient (Wildman–Crippen LogP) is 10.5. The number of rotatable bonds is 23. The van der Waals surface area contributed by atoms with Crippen LogP contribution in [0.2, 0.25) is 0 Å². The van der Waals surface area contributed by atoms with Crippen molar-refractivity contribution in [3.63, 3.8) is 0 Å². The molecule has 2 aliphatic heterocycles. The quantitative estimate of drug-likeness (QED) is 0.00785. The van der Waals surface area contributed by atoms with Gasteiger partial charge >= 0.3 is 12.7 Å². The van der Waals surface area contributed by atoms with E-state index in [2.05, 4.69) is 69.1 Å².